The van der Waals surface area contributed by atoms with Crippen LogP contribution in [0.5, 0.6) is 0 Å². The number of nitrogen functional groups attached to an aromatic ring is 1. The Labute approximate surface area is 107 Å². The summed E-state index contributed by atoms with van der Waals surface area (Å²) in [4.78, 5) is 15.6. The smallest absolute Gasteiger partial charge is 0.257 e. The number of carbonyl (C=O) groups is 1. The number of thiophene rings is 1. The highest BCUT2D eigenvalue weighted by molar-refractivity contribution is 7.16. The van der Waals surface area contributed by atoms with Gasteiger partial charge in [-0.2, -0.15) is 0 Å². The summed E-state index contributed by atoms with van der Waals surface area (Å²) in [7, 11) is 0. The van der Waals surface area contributed by atoms with Crippen LogP contribution in [0.3, 0.4) is 0 Å². The van der Waals surface area contributed by atoms with Gasteiger partial charge in [0.25, 0.3) is 5.91 Å². The van der Waals surface area contributed by atoms with Crippen molar-refractivity contribution in [3.8, 4) is 0 Å². The predicted molar refractivity (Wildman–Crippen MR) is 72.7 cm³/mol. The second kappa shape index (κ2) is 4.69. The van der Waals surface area contributed by atoms with Gasteiger partial charge in [0.1, 0.15) is 0 Å². The maximum Gasteiger partial charge on any atom is 0.257 e. The summed E-state index contributed by atoms with van der Waals surface area (Å²) < 4.78 is 0. The monoisotopic (exact) mass is 252 g/mol. The van der Waals surface area contributed by atoms with Crippen molar-refractivity contribution in [2.45, 2.75) is 39.5 Å². The minimum Gasteiger partial charge on any atom is -0.390 e. The molecule has 0 radical (unpaired) electrons. The maximum atomic E-state index is 12.5. The number of carbonyl (C=O) groups excluding carboxylic acids is 1. The minimum atomic E-state index is 0.132. The van der Waals surface area contributed by atoms with Gasteiger partial charge in [0.2, 0.25) is 0 Å². The Morgan fingerprint density at radius 2 is 1.94 bits per heavy atom. The molecule has 1 saturated heterocycles. The van der Waals surface area contributed by atoms with Crippen LogP contribution in [0.25, 0.3) is 0 Å². The van der Waals surface area contributed by atoms with Gasteiger partial charge in [0, 0.05) is 18.0 Å². The Kier molecular flexibility index (Phi) is 3.43. The third-order valence-corrected chi connectivity index (χ3v) is 4.29. The van der Waals surface area contributed by atoms with Crippen LogP contribution in [0.2, 0.25) is 0 Å². The van der Waals surface area contributed by atoms with E-state index in [9.17, 15) is 4.79 Å². The number of aryl methyl sites for hydroxylation is 1. The van der Waals surface area contributed by atoms with Gasteiger partial charge in [-0.1, -0.05) is 13.8 Å². The predicted octanol–water partition coefficient (Wildman–Crippen LogP) is 3.00. The van der Waals surface area contributed by atoms with Gasteiger partial charge < -0.3 is 10.6 Å². The van der Waals surface area contributed by atoms with Crippen LogP contribution in [-0.2, 0) is 0 Å². The van der Waals surface area contributed by atoms with Crippen molar-refractivity contribution in [1.82, 2.24) is 4.90 Å². The van der Waals surface area contributed by atoms with Crippen molar-refractivity contribution in [1.29, 1.82) is 0 Å². The SMILES string of the molecule is Cc1sc(N)c(C(=O)N2CCCC2)c1C(C)C. The van der Waals surface area contributed by atoms with Gasteiger partial charge in [-0.05, 0) is 31.2 Å². The topological polar surface area (TPSA) is 46.3 Å². The van der Waals surface area contributed by atoms with E-state index < -0.39 is 0 Å². The lowest BCUT2D eigenvalue weighted by Gasteiger charge is -2.17. The summed E-state index contributed by atoms with van der Waals surface area (Å²) >= 11 is 1.54. The lowest BCUT2D eigenvalue weighted by molar-refractivity contribution is 0.0793. The van der Waals surface area contributed by atoms with E-state index in [-0.39, 0.29) is 5.91 Å². The number of rotatable bonds is 2. The first-order valence-corrected chi connectivity index (χ1v) is 7.02. The molecule has 1 aliphatic rings. The molecule has 1 aliphatic heterocycles. The molecule has 0 saturated carbocycles. The second-order valence-corrected chi connectivity index (χ2v) is 6.22. The van der Waals surface area contributed by atoms with Gasteiger partial charge in [0.15, 0.2) is 0 Å². The van der Waals surface area contributed by atoms with E-state index in [0.29, 0.717) is 10.9 Å². The zero-order chi connectivity index (χ0) is 12.6. The highest BCUT2D eigenvalue weighted by Crippen LogP contribution is 2.36. The molecule has 2 N–H and O–H groups in total. The van der Waals surface area contributed by atoms with Crippen LogP contribution in [0, 0.1) is 6.92 Å². The Morgan fingerprint density at radius 1 is 1.35 bits per heavy atom. The zero-order valence-electron chi connectivity index (χ0n) is 10.7. The minimum absolute atomic E-state index is 0.132. The molecule has 1 fully saturated rings. The Bertz CT molecular complexity index is 431. The fourth-order valence-corrected chi connectivity index (χ4v) is 3.65. The van der Waals surface area contributed by atoms with Crippen LogP contribution in [0.4, 0.5) is 5.00 Å². The fourth-order valence-electron chi connectivity index (χ4n) is 2.57. The number of nitrogens with two attached hydrogens (primary N) is 1. The van der Waals surface area contributed by atoms with Gasteiger partial charge in [-0.15, -0.1) is 11.3 Å². The number of likely N-dealkylation sites (tertiary alicyclic amines) is 1. The molecule has 94 valence electrons. The van der Waals surface area contributed by atoms with Crippen molar-refractivity contribution >= 4 is 22.2 Å². The standard InChI is InChI=1S/C13H20N2OS/c1-8(2)10-9(3)17-12(14)11(10)13(16)15-6-4-5-7-15/h8H,4-7,14H2,1-3H3. The molecule has 1 aromatic heterocycles. The molecule has 0 unspecified atom stereocenters. The van der Waals surface area contributed by atoms with Crippen LogP contribution < -0.4 is 5.73 Å². The van der Waals surface area contributed by atoms with E-state index in [4.69, 9.17) is 5.73 Å². The lowest BCUT2D eigenvalue weighted by Crippen LogP contribution is -2.28. The normalized spacial score (nSPS) is 15.9. The van der Waals surface area contributed by atoms with Gasteiger partial charge in [0.05, 0.1) is 10.6 Å². The number of anilines is 1. The maximum absolute atomic E-state index is 12.5. The third kappa shape index (κ3) is 2.18. The van der Waals surface area contributed by atoms with Crippen molar-refractivity contribution in [2.24, 2.45) is 0 Å². The zero-order valence-corrected chi connectivity index (χ0v) is 11.6. The molecule has 17 heavy (non-hydrogen) atoms. The number of hydrogen-bond donors (Lipinski definition) is 1. The largest absolute Gasteiger partial charge is 0.390 e. The van der Waals surface area contributed by atoms with Crippen molar-refractivity contribution in [2.75, 3.05) is 18.8 Å². The molecular formula is C13H20N2OS. The van der Waals surface area contributed by atoms with Crippen LogP contribution >= 0.6 is 11.3 Å². The molecule has 4 heteroatoms. The van der Waals surface area contributed by atoms with Gasteiger partial charge in [-0.3, -0.25) is 4.79 Å². The van der Waals surface area contributed by atoms with E-state index in [0.717, 1.165) is 37.1 Å². The summed E-state index contributed by atoms with van der Waals surface area (Å²) in [6, 6.07) is 0. The molecule has 0 bridgehead atoms. The summed E-state index contributed by atoms with van der Waals surface area (Å²) in [5.41, 5.74) is 7.93. The Hall–Kier alpha value is -1.03. The average Bonchev–Trinajstić information content (AvgIpc) is 2.84. The first-order chi connectivity index (χ1) is 8.02. The highest BCUT2D eigenvalue weighted by atomic mass is 32.1. The van der Waals surface area contributed by atoms with Crippen LogP contribution in [0.15, 0.2) is 0 Å². The molecule has 2 heterocycles. The number of nitrogens with zero attached hydrogens (tertiary/aromatic N) is 1. The average molecular weight is 252 g/mol. The van der Waals surface area contributed by atoms with E-state index in [2.05, 4.69) is 20.8 Å². The highest BCUT2D eigenvalue weighted by Gasteiger charge is 2.27. The van der Waals surface area contributed by atoms with E-state index in [1.165, 1.54) is 4.88 Å². The fraction of sp³-hybridized carbons (Fsp3) is 0.615. The summed E-state index contributed by atoms with van der Waals surface area (Å²) in [5, 5.41) is 0.683. The quantitative estimate of drug-likeness (QED) is 0.879. The first kappa shape index (κ1) is 12.4. The molecule has 0 aliphatic carbocycles. The Morgan fingerprint density at radius 3 is 2.47 bits per heavy atom. The third-order valence-electron chi connectivity index (χ3n) is 3.34. The van der Waals surface area contributed by atoms with Crippen LogP contribution in [0.1, 0.15) is 53.4 Å². The first-order valence-electron chi connectivity index (χ1n) is 6.20. The molecule has 0 spiro atoms. The molecule has 0 aromatic carbocycles. The summed E-state index contributed by atoms with van der Waals surface area (Å²) in [5.74, 6) is 0.484. The van der Waals surface area contributed by atoms with E-state index in [1.54, 1.807) is 11.3 Å². The van der Waals surface area contributed by atoms with Crippen molar-refractivity contribution in [3.63, 3.8) is 0 Å². The molecule has 3 nitrogen and oxygen atoms in total. The van der Waals surface area contributed by atoms with Crippen molar-refractivity contribution < 1.29 is 4.79 Å². The molecular weight excluding hydrogens is 232 g/mol. The lowest BCUT2D eigenvalue weighted by atomic mass is 9.98. The number of amides is 1. The Balaban J connectivity index is 2.39. The molecule has 1 amide bonds. The van der Waals surface area contributed by atoms with Crippen LogP contribution in [-0.4, -0.2) is 23.9 Å². The summed E-state index contributed by atoms with van der Waals surface area (Å²) in [6.07, 6.45) is 2.23. The summed E-state index contributed by atoms with van der Waals surface area (Å²) in [6.45, 7) is 8.05. The molecule has 1 aromatic rings. The molecule has 0 atom stereocenters. The second-order valence-electron chi connectivity index (χ2n) is 4.97. The van der Waals surface area contributed by atoms with E-state index >= 15 is 0 Å². The van der Waals surface area contributed by atoms with E-state index in [1.807, 2.05) is 4.90 Å². The van der Waals surface area contributed by atoms with Gasteiger partial charge >= 0.3 is 0 Å². The molecule has 2 rings (SSSR count). The van der Waals surface area contributed by atoms with Gasteiger partial charge in [-0.25, -0.2) is 0 Å². The van der Waals surface area contributed by atoms with Crippen molar-refractivity contribution in [3.05, 3.63) is 16.0 Å². The number of hydrogen-bond acceptors (Lipinski definition) is 3.